The van der Waals surface area contributed by atoms with Gasteiger partial charge in [-0.15, -0.1) is 11.8 Å². The van der Waals surface area contributed by atoms with Gasteiger partial charge >= 0.3 is 0 Å². The highest BCUT2D eigenvalue weighted by molar-refractivity contribution is 8.00. The van der Waals surface area contributed by atoms with Crippen LogP contribution in [0.15, 0.2) is 42.9 Å². The number of fused-ring (bicyclic) bond motifs is 3. The zero-order chi connectivity index (χ0) is 26.0. The maximum absolute atomic E-state index is 6.39. The molecule has 7 rings (SSSR count). The minimum Gasteiger partial charge on any atom is -0.492 e. The van der Waals surface area contributed by atoms with E-state index in [4.69, 9.17) is 24.7 Å². The van der Waals surface area contributed by atoms with Gasteiger partial charge in [0, 0.05) is 17.6 Å². The highest BCUT2D eigenvalue weighted by Gasteiger charge is 2.55. The third-order valence-corrected chi connectivity index (χ3v) is 9.11. The molecule has 5 heterocycles. The number of rotatable bonds is 7. The van der Waals surface area contributed by atoms with Crippen LogP contribution in [-0.2, 0) is 15.9 Å². The van der Waals surface area contributed by atoms with Crippen LogP contribution in [-0.4, -0.2) is 56.5 Å². The topological polar surface area (TPSA) is 107 Å². The van der Waals surface area contributed by atoms with Gasteiger partial charge in [-0.25, -0.2) is 15.0 Å². The van der Waals surface area contributed by atoms with Gasteiger partial charge in [0.1, 0.15) is 47.7 Å². The van der Waals surface area contributed by atoms with Crippen molar-refractivity contribution in [1.29, 1.82) is 0 Å². The second kappa shape index (κ2) is 9.00. The molecule has 0 amide bonds. The van der Waals surface area contributed by atoms with Gasteiger partial charge in [0.05, 0.1) is 23.3 Å². The van der Waals surface area contributed by atoms with Gasteiger partial charge in [-0.2, -0.15) is 0 Å². The van der Waals surface area contributed by atoms with Crippen LogP contribution in [0.25, 0.3) is 21.9 Å². The molecule has 0 radical (unpaired) electrons. The molecule has 0 unspecified atom stereocenters. The summed E-state index contributed by atoms with van der Waals surface area (Å²) in [6.45, 7) is 4.39. The van der Waals surface area contributed by atoms with Crippen LogP contribution in [0.5, 0.6) is 11.6 Å². The van der Waals surface area contributed by atoms with Crippen LogP contribution in [0.4, 0.5) is 5.82 Å². The van der Waals surface area contributed by atoms with Crippen molar-refractivity contribution in [2.24, 2.45) is 5.92 Å². The van der Waals surface area contributed by atoms with Crippen LogP contribution < -0.4 is 15.2 Å². The first-order chi connectivity index (χ1) is 18.4. The van der Waals surface area contributed by atoms with Crippen molar-refractivity contribution < 1.29 is 18.9 Å². The summed E-state index contributed by atoms with van der Waals surface area (Å²) in [4.78, 5) is 13.5. The molecule has 3 aliphatic rings. The molecule has 1 aromatic carbocycles. The van der Waals surface area contributed by atoms with E-state index in [2.05, 4.69) is 31.7 Å². The van der Waals surface area contributed by atoms with Crippen molar-refractivity contribution in [3.05, 3.63) is 48.4 Å². The first-order valence-electron chi connectivity index (χ1n) is 13.1. The normalized spacial score (nSPS) is 26.2. The highest BCUT2D eigenvalue weighted by Crippen LogP contribution is 2.52. The minimum absolute atomic E-state index is 0.0320. The number of hydrogen-bond donors (Lipinski definition) is 1. The Balaban J connectivity index is 1.12. The lowest BCUT2D eigenvalue weighted by molar-refractivity contribution is -0.149. The Morgan fingerprint density at radius 1 is 1.13 bits per heavy atom. The Morgan fingerprint density at radius 3 is 2.79 bits per heavy atom. The molecule has 1 saturated carbocycles. The van der Waals surface area contributed by atoms with E-state index in [1.54, 1.807) is 18.9 Å². The molecule has 9 nitrogen and oxygen atoms in total. The van der Waals surface area contributed by atoms with Crippen LogP contribution >= 0.6 is 11.8 Å². The fourth-order valence-corrected chi connectivity index (χ4v) is 7.14. The third-order valence-electron chi connectivity index (χ3n) is 7.59. The summed E-state index contributed by atoms with van der Waals surface area (Å²) < 4.78 is 26.7. The molecule has 38 heavy (non-hydrogen) atoms. The van der Waals surface area contributed by atoms with Crippen LogP contribution in [0.2, 0.25) is 0 Å². The predicted molar refractivity (Wildman–Crippen MR) is 146 cm³/mol. The Morgan fingerprint density at radius 2 is 1.97 bits per heavy atom. The maximum atomic E-state index is 6.39. The van der Waals surface area contributed by atoms with Crippen molar-refractivity contribution in [3.63, 3.8) is 0 Å². The van der Waals surface area contributed by atoms with Gasteiger partial charge in [0.2, 0.25) is 5.88 Å². The summed E-state index contributed by atoms with van der Waals surface area (Å²) in [6, 6.07) is 10.2. The smallest absolute Gasteiger partial charge is 0.225 e. The molecule has 2 saturated heterocycles. The average Bonchev–Trinajstić information content (AvgIpc) is 3.39. The van der Waals surface area contributed by atoms with E-state index in [0.717, 1.165) is 45.6 Å². The summed E-state index contributed by atoms with van der Waals surface area (Å²) in [6.07, 6.45) is 6.88. The molecule has 0 bridgehead atoms. The summed E-state index contributed by atoms with van der Waals surface area (Å²) >= 11 is 1.78. The van der Waals surface area contributed by atoms with E-state index >= 15 is 0 Å². The van der Waals surface area contributed by atoms with E-state index in [-0.39, 0.29) is 22.8 Å². The van der Waals surface area contributed by atoms with Gasteiger partial charge in [-0.05, 0) is 68.9 Å². The Hall–Kier alpha value is -3.08. The fraction of sp³-hybridized carbons (Fsp3) is 0.464. The lowest BCUT2D eigenvalue weighted by Gasteiger charge is -2.24. The zero-order valence-corrected chi connectivity index (χ0v) is 22.5. The zero-order valence-electron chi connectivity index (χ0n) is 21.7. The molecule has 10 heteroatoms. The van der Waals surface area contributed by atoms with Crippen molar-refractivity contribution in [2.45, 2.75) is 61.7 Å². The van der Waals surface area contributed by atoms with E-state index in [0.29, 0.717) is 18.3 Å². The number of pyridine rings is 1. The molecule has 0 spiro atoms. The van der Waals surface area contributed by atoms with Crippen molar-refractivity contribution in [1.82, 2.24) is 19.5 Å². The van der Waals surface area contributed by atoms with Crippen molar-refractivity contribution in [3.8, 4) is 11.6 Å². The minimum atomic E-state index is -0.676. The van der Waals surface area contributed by atoms with E-state index < -0.39 is 5.79 Å². The Labute approximate surface area is 225 Å². The molecular weight excluding hydrogens is 502 g/mol. The number of ether oxygens (including phenoxy) is 4. The number of anilines is 1. The standard InChI is InChI=1S/C28H31N5O4S/c1-28(2)36-22-21(38-27(23(22)37-28)33-9-8-19-25(33)30-14-31-26(19)34-3)13-35-18-7-6-16-11-17(10-15-4-5-15)24(29)32-20(16)12-18/h6-9,11-12,14-15,21-23,27H,4-5,10,13H2,1-3H3,(H2,29,32)/t21-,22-,23-,27-/m1/s1. The second-order valence-corrected chi connectivity index (χ2v) is 12.2. The molecule has 3 aromatic heterocycles. The molecule has 2 aliphatic heterocycles. The van der Waals surface area contributed by atoms with Gasteiger partial charge in [-0.3, -0.25) is 0 Å². The number of thioether (sulfide) groups is 1. The average molecular weight is 534 g/mol. The van der Waals surface area contributed by atoms with Crippen LogP contribution in [0.1, 0.15) is 37.6 Å². The summed E-state index contributed by atoms with van der Waals surface area (Å²) in [5.74, 6) is 2.04. The first kappa shape index (κ1) is 24.0. The summed E-state index contributed by atoms with van der Waals surface area (Å²) in [7, 11) is 1.62. The molecule has 198 valence electrons. The number of aromatic nitrogens is 4. The van der Waals surface area contributed by atoms with E-state index in [1.165, 1.54) is 19.2 Å². The fourth-order valence-electron chi connectivity index (χ4n) is 5.60. The number of nitrogens with zero attached hydrogens (tertiary/aromatic N) is 4. The molecule has 2 N–H and O–H groups in total. The molecule has 3 fully saturated rings. The van der Waals surface area contributed by atoms with Crippen LogP contribution in [0, 0.1) is 5.92 Å². The van der Waals surface area contributed by atoms with E-state index in [9.17, 15) is 0 Å². The quantitative estimate of drug-likeness (QED) is 0.361. The summed E-state index contributed by atoms with van der Waals surface area (Å²) in [5, 5.41) is 1.98. The Kier molecular flexibility index (Phi) is 5.68. The van der Waals surface area contributed by atoms with Crippen molar-refractivity contribution in [2.75, 3.05) is 19.5 Å². The van der Waals surface area contributed by atoms with Crippen LogP contribution in [0.3, 0.4) is 0 Å². The van der Waals surface area contributed by atoms with Gasteiger partial charge < -0.3 is 29.2 Å². The monoisotopic (exact) mass is 533 g/mol. The molecule has 4 aromatic rings. The first-order valence-corrected chi connectivity index (χ1v) is 14.0. The molecule has 4 atom stereocenters. The van der Waals surface area contributed by atoms with E-state index in [1.807, 2.05) is 38.2 Å². The SMILES string of the molecule is COc1ncnc2c1ccn2[C@@H]1S[C@H](COc2ccc3cc(CC4CC4)c(N)nc3c2)[C@H]2OC(C)(C)O[C@H]21. The lowest BCUT2D eigenvalue weighted by Crippen LogP contribution is -2.32. The van der Waals surface area contributed by atoms with Gasteiger partial charge in [-0.1, -0.05) is 0 Å². The predicted octanol–water partition coefficient (Wildman–Crippen LogP) is 4.74. The highest BCUT2D eigenvalue weighted by atomic mass is 32.2. The Bertz CT molecular complexity index is 1520. The van der Waals surface area contributed by atoms with Gasteiger partial charge in [0.25, 0.3) is 0 Å². The number of nitrogen functional groups attached to an aromatic ring is 1. The van der Waals surface area contributed by atoms with Gasteiger partial charge in [0.15, 0.2) is 5.79 Å². The molecular formula is C28H31N5O4S. The van der Waals surface area contributed by atoms with Crippen molar-refractivity contribution >= 4 is 39.5 Å². The third kappa shape index (κ3) is 4.24. The second-order valence-electron chi connectivity index (χ2n) is 10.8. The number of hydrogen-bond acceptors (Lipinski definition) is 9. The maximum Gasteiger partial charge on any atom is 0.225 e. The lowest BCUT2D eigenvalue weighted by atomic mass is 10.1. The largest absolute Gasteiger partial charge is 0.492 e. The number of nitrogens with two attached hydrogens (primary N) is 1. The number of benzene rings is 1. The number of methoxy groups -OCH3 is 1. The summed E-state index contributed by atoms with van der Waals surface area (Å²) in [5.41, 5.74) is 9.09. The molecule has 1 aliphatic carbocycles.